The van der Waals surface area contributed by atoms with Gasteiger partial charge in [0.2, 0.25) is 5.88 Å². The van der Waals surface area contributed by atoms with E-state index in [1.54, 1.807) is 11.1 Å². The predicted molar refractivity (Wildman–Crippen MR) is 110 cm³/mol. The number of ether oxygens (including phenoxy) is 2. The molecular formula is C20H27N7O3. The summed E-state index contributed by atoms with van der Waals surface area (Å²) in [5.74, 6) is 2.05. The molecule has 0 spiro atoms. The van der Waals surface area contributed by atoms with E-state index in [2.05, 4.69) is 15.0 Å². The molecule has 1 fully saturated rings. The van der Waals surface area contributed by atoms with Crippen molar-refractivity contribution in [3.05, 3.63) is 18.3 Å². The average molecular weight is 413 g/mol. The second kappa shape index (κ2) is 7.26. The van der Waals surface area contributed by atoms with Crippen LogP contribution in [0.15, 0.2) is 12.5 Å². The van der Waals surface area contributed by atoms with Gasteiger partial charge in [0.15, 0.2) is 17.0 Å². The van der Waals surface area contributed by atoms with Crippen LogP contribution in [-0.2, 0) is 18.8 Å². The normalized spacial score (nSPS) is 17.0. The molecule has 160 valence electrons. The molecule has 1 aliphatic heterocycles. The fourth-order valence-electron chi connectivity index (χ4n) is 3.48. The first-order valence-corrected chi connectivity index (χ1v) is 9.94. The Balaban J connectivity index is 1.57. The number of hydrogen-bond acceptors (Lipinski definition) is 7. The number of aryl methyl sites for hydroxylation is 2. The van der Waals surface area contributed by atoms with Crippen molar-refractivity contribution in [3.63, 3.8) is 0 Å². The third-order valence-electron chi connectivity index (χ3n) is 5.15. The van der Waals surface area contributed by atoms with E-state index in [4.69, 9.17) is 14.5 Å². The van der Waals surface area contributed by atoms with Crippen molar-refractivity contribution in [1.82, 2.24) is 34.0 Å². The van der Waals surface area contributed by atoms with Gasteiger partial charge in [-0.25, -0.2) is 19.7 Å². The van der Waals surface area contributed by atoms with Crippen molar-refractivity contribution in [2.45, 2.75) is 45.8 Å². The molecule has 3 aromatic heterocycles. The van der Waals surface area contributed by atoms with Gasteiger partial charge in [0, 0.05) is 27.1 Å². The van der Waals surface area contributed by atoms with Gasteiger partial charge in [-0.15, -0.1) is 0 Å². The van der Waals surface area contributed by atoms with Gasteiger partial charge < -0.3 is 23.5 Å². The maximum Gasteiger partial charge on any atom is 0.410 e. The van der Waals surface area contributed by atoms with Crippen molar-refractivity contribution in [2.24, 2.45) is 14.1 Å². The number of amides is 1. The number of likely N-dealkylation sites (tertiary alicyclic amines) is 1. The third-order valence-corrected chi connectivity index (χ3v) is 5.15. The monoisotopic (exact) mass is 413 g/mol. The first kappa shape index (κ1) is 20.1. The van der Waals surface area contributed by atoms with Crippen LogP contribution in [0.25, 0.3) is 22.7 Å². The maximum absolute atomic E-state index is 12.3. The van der Waals surface area contributed by atoms with Crippen LogP contribution >= 0.6 is 0 Å². The van der Waals surface area contributed by atoms with E-state index < -0.39 is 5.60 Å². The molecule has 0 N–H and O–H groups in total. The van der Waals surface area contributed by atoms with Crippen LogP contribution in [0.3, 0.4) is 0 Å². The molecule has 0 bridgehead atoms. The molecule has 0 unspecified atom stereocenters. The van der Waals surface area contributed by atoms with E-state index >= 15 is 0 Å². The van der Waals surface area contributed by atoms with Gasteiger partial charge in [-0.05, 0) is 27.7 Å². The number of aromatic nitrogens is 6. The van der Waals surface area contributed by atoms with E-state index in [-0.39, 0.29) is 12.2 Å². The van der Waals surface area contributed by atoms with E-state index in [1.807, 2.05) is 50.9 Å². The Morgan fingerprint density at radius 2 is 1.93 bits per heavy atom. The lowest BCUT2D eigenvalue weighted by atomic mass is 10.2. The van der Waals surface area contributed by atoms with Gasteiger partial charge in [-0.3, -0.25) is 0 Å². The number of imidazole rings is 2. The Hall–Kier alpha value is -3.17. The number of nitrogens with zero attached hydrogens (tertiary/aromatic N) is 7. The molecule has 4 heterocycles. The van der Waals surface area contributed by atoms with Crippen molar-refractivity contribution in [2.75, 3.05) is 13.1 Å². The average Bonchev–Trinajstić information content (AvgIpc) is 3.35. The Morgan fingerprint density at radius 3 is 2.60 bits per heavy atom. The minimum atomic E-state index is -0.524. The lowest BCUT2D eigenvalue weighted by Crippen LogP contribution is -2.36. The highest BCUT2D eigenvalue weighted by molar-refractivity contribution is 5.80. The summed E-state index contributed by atoms with van der Waals surface area (Å²) in [7, 11) is 3.85. The Labute approximate surface area is 174 Å². The number of carbonyl (C=O) groups is 1. The minimum Gasteiger partial charge on any atom is -0.471 e. The van der Waals surface area contributed by atoms with Gasteiger partial charge in [0.25, 0.3) is 0 Å². The van der Waals surface area contributed by atoms with Crippen LogP contribution < -0.4 is 4.74 Å². The predicted octanol–water partition coefficient (Wildman–Crippen LogP) is 2.46. The SMILES string of the molecule is Cc1ncc(-c2nc3c(O[C@H]4CCN(C(=O)OC(C)(C)C)C4)ncnc3n2C)n1C. The van der Waals surface area contributed by atoms with Crippen LogP contribution in [0.2, 0.25) is 0 Å². The van der Waals surface area contributed by atoms with Crippen LogP contribution in [0, 0.1) is 6.92 Å². The zero-order chi connectivity index (χ0) is 21.6. The van der Waals surface area contributed by atoms with Crippen LogP contribution in [-0.4, -0.2) is 64.9 Å². The minimum absolute atomic E-state index is 0.181. The van der Waals surface area contributed by atoms with Crippen LogP contribution in [0.1, 0.15) is 33.0 Å². The Morgan fingerprint density at radius 1 is 1.17 bits per heavy atom. The molecule has 10 heteroatoms. The Kier molecular flexibility index (Phi) is 4.87. The molecule has 0 saturated carbocycles. The van der Waals surface area contributed by atoms with E-state index in [0.29, 0.717) is 36.6 Å². The summed E-state index contributed by atoms with van der Waals surface area (Å²) in [6.45, 7) is 8.53. The van der Waals surface area contributed by atoms with Crippen molar-refractivity contribution in [1.29, 1.82) is 0 Å². The molecule has 30 heavy (non-hydrogen) atoms. The van der Waals surface area contributed by atoms with Gasteiger partial charge in [-0.1, -0.05) is 0 Å². The van der Waals surface area contributed by atoms with Gasteiger partial charge in [0.05, 0.1) is 12.7 Å². The van der Waals surface area contributed by atoms with Gasteiger partial charge >= 0.3 is 6.09 Å². The number of rotatable bonds is 3. The van der Waals surface area contributed by atoms with Crippen molar-refractivity contribution < 1.29 is 14.3 Å². The second-order valence-electron chi connectivity index (χ2n) is 8.55. The van der Waals surface area contributed by atoms with Gasteiger partial charge in [0.1, 0.15) is 29.6 Å². The molecule has 0 radical (unpaired) electrons. The van der Waals surface area contributed by atoms with Gasteiger partial charge in [-0.2, -0.15) is 4.98 Å². The van der Waals surface area contributed by atoms with Crippen molar-refractivity contribution >= 4 is 17.3 Å². The second-order valence-corrected chi connectivity index (χ2v) is 8.55. The fourth-order valence-corrected chi connectivity index (χ4v) is 3.48. The first-order chi connectivity index (χ1) is 14.1. The lowest BCUT2D eigenvalue weighted by molar-refractivity contribution is 0.0275. The summed E-state index contributed by atoms with van der Waals surface area (Å²) >= 11 is 0. The van der Waals surface area contributed by atoms with E-state index in [1.165, 1.54) is 6.33 Å². The summed E-state index contributed by atoms with van der Waals surface area (Å²) in [5.41, 5.74) is 1.62. The lowest BCUT2D eigenvalue weighted by Gasteiger charge is -2.24. The van der Waals surface area contributed by atoms with Crippen molar-refractivity contribution in [3.8, 4) is 17.4 Å². The summed E-state index contributed by atoms with van der Waals surface area (Å²) < 4.78 is 15.5. The molecule has 10 nitrogen and oxygen atoms in total. The number of hydrogen-bond donors (Lipinski definition) is 0. The van der Waals surface area contributed by atoms with Crippen LogP contribution in [0.5, 0.6) is 5.88 Å². The summed E-state index contributed by atoms with van der Waals surface area (Å²) in [6, 6.07) is 0. The van der Waals surface area contributed by atoms with Crippen LogP contribution in [0.4, 0.5) is 4.79 Å². The summed E-state index contributed by atoms with van der Waals surface area (Å²) in [5, 5.41) is 0. The van der Waals surface area contributed by atoms with E-state index in [9.17, 15) is 4.79 Å². The smallest absolute Gasteiger partial charge is 0.410 e. The molecular weight excluding hydrogens is 386 g/mol. The topological polar surface area (TPSA) is 100 Å². The highest BCUT2D eigenvalue weighted by atomic mass is 16.6. The quantitative estimate of drug-likeness (QED) is 0.650. The molecule has 0 aromatic carbocycles. The highest BCUT2D eigenvalue weighted by Crippen LogP contribution is 2.28. The fraction of sp³-hybridized carbons (Fsp3) is 0.550. The summed E-state index contributed by atoms with van der Waals surface area (Å²) in [6.07, 6.45) is 3.46. The molecule has 1 aliphatic rings. The summed E-state index contributed by atoms with van der Waals surface area (Å²) in [4.78, 5) is 31.8. The zero-order valence-corrected chi connectivity index (χ0v) is 18.2. The molecule has 1 saturated heterocycles. The molecule has 0 aliphatic carbocycles. The Bertz CT molecular complexity index is 1100. The molecule has 3 aromatic rings. The number of fused-ring (bicyclic) bond motifs is 1. The zero-order valence-electron chi connectivity index (χ0n) is 18.2. The number of carbonyl (C=O) groups excluding carboxylic acids is 1. The maximum atomic E-state index is 12.3. The molecule has 4 rings (SSSR count). The molecule has 1 amide bonds. The highest BCUT2D eigenvalue weighted by Gasteiger charge is 2.32. The molecule has 1 atom stereocenters. The van der Waals surface area contributed by atoms with E-state index in [0.717, 1.165) is 17.3 Å². The standard InChI is InChI=1S/C20H27N7O3/c1-12-21-9-14(25(12)5)16-24-15-17(26(16)6)22-11-23-18(15)29-13-7-8-27(10-13)19(28)30-20(2,3)4/h9,11,13H,7-8,10H2,1-6H3/t13-/m0/s1. The first-order valence-electron chi connectivity index (χ1n) is 9.94. The third kappa shape index (κ3) is 3.69. The largest absolute Gasteiger partial charge is 0.471 e.